The third kappa shape index (κ3) is 1.94. The summed E-state index contributed by atoms with van der Waals surface area (Å²) in [6.07, 6.45) is 4.58. The molecule has 21 heavy (non-hydrogen) atoms. The number of hydrogen-bond acceptors (Lipinski definition) is 3. The Hall–Kier alpha value is -1.35. The Morgan fingerprint density at radius 2 is 2.14 bits per heavy atom. The van der Waals surface area contributed by atoms with E-state index in [9.17, 15) is 9.90 Å². The molecule has 1 heterocycles. The summed E-state index contributed by atoms with van der Waals surface area (Å²) in [6.45, 7) is 5.17. The number of carboxylic acid groups (broad SMARTS) is 1. The Morgan fingerprint density at radius 1 is 1.38 bits per heavy atom. The highest BCUT2D eigenvalue weighted by Gasteiger charge is 2.57. The van der Waals surface area contributed by atoms with Gasteiger partial charge < -0.3 is 15.2 Å². The molecular weight excluding hydrogens is 262 g/mol. The molecule has 1 aromatic rings. The molecule has 1 N–H and O–H groups in total. The van der Waals surface area contributed by atoms with Crippen LogP contribution in [-0.4, -0.2) is 18.1 Å². The van der Waals surface area contributed by atoms with Gasteiger partial charge in [0.2, 0.25) is 0 Å². The van der Waals surface area contributed by atoms with Gasteiger partial charge in [-0.2, -0.15) is 0 Å². The molecule has 0 saturated carbocycles. The van der Waals surface area contributed by atoms with Gasteiger partial charge >= 0.3 is 0 Å². The molecule has 3 atom stereocenters. The molecule has 3 rings (SSSR count). The van der Waals surface area contributed by atoms with E-state index in [1.54, 1.807) is 0 Å². The van der Waals surface area contributed by atoms with Gasteiger partial charge in [-0.3, -0.25) is 0 Å². The monoisotopic (exact) mass is 286 g/mol. The van der Waals surface area contributed by atoms with Crippen molar-refractivity contribution in [1.82, 2.24) is 5.32 Å². The fraction of sp³-hybridized carbons (Fsp3) is 0.611. The summed E-state index contributed by atoms with van der Waals surface area (Å²) >= 11 is 0. The molecule has 2 unspecified atom stereocenters. The van der Waals surface area contributed by atoms with Crippen molar-refractivity contribution in [3.63, 3.8) is 0 Å². The smallest absolute Gasteiger partial charge is 0.0454 e. The normalized spacial score (nSPS) is 32.9. The maximum atomic E-state index is 11.9. The quantitative estimate of drug-likeness (QED) is 0.921. The first-order valence-electron chi connectivity index (χ1n) is 8.09. The van der Waals surface area contributed by atoms with Crippen LogP contribution in [0.15, 0.2) is 24.3 Å². The lowest BCUT2D eigenvalue weighted by Crippen LogP contribution is -2.69. The maximum absolute atomic E-state index is 11.9. The number of carbonyl (C=O) groups is 1. The molecule has 1 aliphatic heterocycles. The molecule has 0 bridgehead atoms. The zero-order valence-electron chi connectivity index (χ0n) is 12.9. The molecule has 114 valence electrons. The Kier molecular flexibility index (Phi) is 3.56. The van der Waals surface area contributed by atoms with Gasteiger partial charge in [-0.1, -0.05) is 31.2 Å². The van der Waals surface area contributed by atoms with Gasteiger partial charge in [0.1, 0.15) is 0 Å². The van der Waals surface area contributed by atoms with Crippen molar-refractivity contribution in [2.45, 2.75) is 56.9 Å². The van der Waals surface area contributed by atoms with Crippen LogP contribution >= 0.6 is 0 Å². The SMILES string of the molecule is CCC(C(=O)[O-])[C@@]12CCCNC1(C)CCc1ccccc12. The fourth-order valence-corrected chi connectivity index (χ4v) is 4.93. The third-order valence-corrected chi connectivity index (χ3v) is 5.93. The predicted octanol–water partition coefficient (Wildman–Crippen LogP) is 1.79. The van der Waals surface area contributed by atoms with E-state index >= 15 is 0 Å². The first kappa shape index (κ1) is 14.6. The van der Waals surface area contributed by atoms with E-state index in [4.69, 9.17) is 0 Å². The van der Waals surface area contributed by atoms with Crippen molar-refractivity contribution < 1.29 is 9.90 Å². The summed E-state index contributed by atoms with van der Waals surface area (Å²) < 4.78 is 0. The average molecular weight is 286 g/mol. The van der Waals surface area contributed by atoms with E-state index in [-0.39, 0.29) is 11.0 Å². The van der Waals surface area contributed by atoms with Crippen molar-refractivity contribution in [3.05, 3.63) is 35.4 Å². The number of piperidine rings is 1. The minimum atomic E-state index is -0.899. The number of benzene rings is 1. The van der Waals surface area contributed by atoms with E-state index in [0.717, 1.165) is 32.2 Å². The third-order valence-electron chi connectivity index (χ3n) is 5.93. The van der Waals surface area contributed by atoms with Gasteiger partial charge in [0.05, 0.1) is 0 Å². The van der Waals surface area contributed by atoms with Crippen LogP contribution in [0.4, 0.5) is 0 Å². The molecule has 0 radical (unpaired) electrons. The van der Waals surface area contributed by atoms with E-state index < -0.39 is 11.9 Å². The molecule has 3 heteroatoms. The number of carboxylic acids is 1. The lowest BCUT2D eigenvalue weighted by Gasteiger charge is -2.60. The first-order valence-corrected chi connectivity index (χ1v) is 8.09. The number of fused-ring (bicyclic) bond motifs is 3. The summed E-state index contributed by atoms with van der Waals surface area (Å²) in [5.74, 6) is -1.33. The molecule has 3 nitrogen and oxygen atoms in total. The number of aliphatic carboxylic acids is 1. The molecule has 0 spiro atoms. The van der Waals surface area contributed by atoms with Crippen LogP contribution in [0.25, 0.3) is 0 Å². The summed E-state index contributed by atoms with van der Waals surface area (Å²) in [6, 6.07) is 8.41. The maximum Gasteiger partial charge on any atom is 0.0454 e. The van der Waals surface area contributed by atoms with Crippen LogP contribution in [0, 0.1) is 5.92 Å². The first-order chi connectivity index (χ1) is 10.0. The summed E-state index contributed by atoms with van der Waals surface area (Å²) in [5.41, 5.74) is 2.06. The lowest BCUT2D eigenvalue weighted by molar-refractivity contribution is -0.315. The van der Waals surface area contributed by atoms with Gasteiger partial charge in [0.25, 0.3) is 0 Å². The highest BCUT2D eigenvalue weighted by molar-refractivity contribution is 5.71. The standard InChI is InChI=1S/C18H25NO2/c1-3-14(16(20)21)18-10-6-12-19-17(18,2)11-9-13-7-4-5-8-15(13)18/h4-5,7-8,14,19H,3,6,9-12H2,1-2H3,(H,20,21)/p-1/t14?,17?,18-/m1/s1. The predicted molar refractivity (Wildman–Crippen MR) is 80.9 cm³/mol. The number of rotatable bonds is 3. The minimum absolute atomic E-state index is 0.152. The van der Waals surface area contributed by atoms with Crippen LogP contribution in [0.2, 0.25) is 0 Å². The second kappa shape index (κ2) is 5.13. The average Bonchev–Trinajstić information content (AvgIpc) is 2.48. The number of nitrogens with one attached hydrogen (secondary N) is 1. The molecular formula is C18H24NO2-. The summed E-state index contributed by atoms with van der Waals surface area (Å²) in [7, 11) is 0. The van der Waals surface area contributed by atoms with Crippen molar-refractivity contribution in [3.8, 4) is 0 Å². The van der Waals surface area contributed by atoms with Crippen LogP contribution in [0.5, 0.6) is 0 Å². The van der Waals surface area contributed by atoms with Crippen molar-refractivity contribution >= 4 is 5.97 Å². The molecule has 1 aliphatic carbocycles. The number of carbonyl (C=O) groups excluding carboxylic acids is 1. The minimum Gasteiger partial charge on any atom is -0.550 e. The van der Waals surface area contributed by atoms with Gasteiger partial charge in [-0.05, 0) is 56.7 Å². The molecule has 0 aromatic heterocycles. The molecule has 1 fully saturated rings. The molecule has 1 saturated heterocycles. The zero-order valence-corrected chi connectivity index (χ0v) is 12.9. The Balaban J connectivity index is 2.24. The number of aryl methyl sites for hydroxylation is 1. The molecule has 2 aliphatic rings. The van der Waals surface area contributed by atoms with Gasteiger partial charge in [-0.25, -0.2) is 0 Å². The van der Waals surface area contributed by atoms with E-state index in [1.807, 2.05) is 13.0 Å². The van der Waals surface area contributed by atoms with E-state index in [2.05, 4.69) is 30.4 Å². The highest BCUT2D eigenvalue weighted by atomic mass is 16.4. The number of hydrogen-bond donors (Lipinski definition) is 1. The Morgan fingerprint density at radius 3 is 2.86 bits per heavy atom. The lowest BCUT2D eigenvalue weighted by atomic mass is 9.50. The van der Waals surface area contributed by atoms with Crippen LogP contribution < -0.4 is 10.4 Å². The molecule has 1 aromatic carbocycles. The van der Waals surface area contributed by atoms with E-state index in [0.29, 0.717) is 6.42 Å². The van der Waals surface area contributed by atoms with Crippen LogP contribution in [0.1, 0.15) is 50.7 Å². The van der Waals surface area contributed by atoms with Gasteiger partial charge in [-0.15, -0.1) is 0 Å². The van der Waals surface area contributed by atoms with Gasteiger partial charge in [0, 0.05) is 22.8 Å². The van der Waals surface area contributed by atoms with Crippen LogP contribution in [-0.2, 0) is 16.6 Å². The summed E-state index contributed by atoms with van der Waals surface area (Å²) in [5, 5.41) is 15.6. The highest BCUT2D eigenvalue weighted by Crippen LogP contribution is 2.54. The Bertz CT molecular complexity index is 556. The van der Waals surface area contributed by atoms with Crippen LogP contribution in [0.3, 0.4) is 0 Å². The second-order valence-corrected chi connectivity index (χ2v) is 6.77. The Labute approximate surface area is 126 Å². The largest absolute Gasteiger partial charge is 0.550 e. The van der Waals surface area contributed by atoms with Crippen molar-refractivity contribution in [1.29, 1.82) is 0 Å². The zero-order chi connectivity index (χ0) is 15.1. The van der Waals surface area contributed by atoms with E-state index in [1.165, 1.54) is 11.1 Å². The van der Waals surface area contributed by atoms with Crippen molar-refractivity contribution in [2.75, 3.05) is 6.54 Å². The van der Waals surface area contributed by atoms with Gasteiger partial charge in [0.15, 0.2) is 0 Å². The topological polar surface area (TPSA) is 52.2 Å². The van der Waals surface area contributed by atoms with Crippen molar-refractivity contribution in [2.24, 2.45) is 5.92 Å². The summed E-state index contributed by atoms with van der Waals surface area (Å²) in [4.78, 5) is 11.9. The molecule has 0 amide bonds. The second-order valence-electron chi connectivity index (χ2n) is 6.77. The fourth-order valence-electron chi connectivity index (χ4n) is 4.93.